The average molecular weight is 484 g/mol. The summed E-state index contributed by atoms with van der Waals surface area (Å²) in [4.78, 5) is 15.0. The maximum atomic E-state index is 13.9. The Morgan fingerprint density at radius 3 is 2.58 bits per heavy atom. The van der Waals surface area contributed by atoms with Crippen molar-refractivity contribution in [3.05, 3.63) is 94.9 Å². The molecule has 0 saturated heterocycles. The van der Waals surface area contributed by atoms with E-state index in [0.717, 1.165) is 34.9 Å². The summed E-state index contributed by atoms with van der Waals surface area (Å²) in [6, 6.07) is 13.8. The van der Waals surface area contributed by atoms with Crippen LogP contribution in [0.5, 0.6) is 0 Å². The number of allylic oxidation sites excluding steroid dienone is 3. The summed E-state index contributed by atoms with van der Waals surface area (Å²) in [6.45, 7) is 13.0. The van der Waals surface area contributed by atoms with Crippen LogP contribution >= 0.6 is 15.9 Å². The number of hydrogen-bond donors (Lipinski definition) is 2. The second kappa shape index (κ2) is 9.96. The van der Waals surface area contributed by atoms with Crippen molar-refractivity contribution >= 4 is 33.3 Å². The molecule has 0 aliphatic carbocycles. The summed E-state index contributed by atoms with van der Waals surface area (Å²) in [6.07, 6.45) is 2.28. The summed E-state index contributed by atoms with van der Waals surface area (Å²) in [5.74, 6) is -0.00205. The van der Waals surface area contributed by atoms with Crippen LogP contribution in [0.2, 0.25) is 0 Å². The van der Waals surface area contributed by atoms with Crippen molar-refractivity contribution in [2.75, 3.05) is 23.3 Å². The van der Waals surface area contributed by atoms with Crippen molar-refractivity contribution in [3.63, 3.8) is 0 Å². The predicted octanol–water partition coefficient (Wildman–Crippen LogP) is 6.73. The Morgan fingerprint density at radius 2 is 1.97 bits per heavy atom. The molecule has 0 bridgehead atoms. The minimum Gasteiger partial charge on any atom is -0.368 e. The van der Waals surface area contributed by atoms with Gasteiger partial charge in [-0.3, -0.25) is 0 Å². The number of fused-ring (bicyclic) bond motifs is 1. The molecule has 31 heavy (non-hydrogen) atoms. The highest BCUT2D eigenvalue weighted by atomic mass is 79.9. The van der Waals surface area contributed by atoms with E-state index in [-0.39, 0.29) is 11.6 Å². The van der Waals surface area contributed by atoms with Crippen LogP contribution in [0.4, 0.5) is 20.6 Å². The number of carbonyl (C=O) groups is 1. The van der Waals surface area contributed by atoms with Crippen molar-refractivity contribution in [1.82, 2.24) is 5.32 Å². The number of nitrogens with zero attached hydrogens (tertiary/aromatic N) is 1. The molecule has 6 heteroatoms. The SMILES string of the molecule is C=C/C(F)=C(\C=C)NC(=O)Nc1cc(Br)cc2c1N(CC(C)C)CC2c1ccccc1. The van der Waals surface area contributed by atoms with Crippen LogP contribution in [0, 0.1) is 5.92 Å². The predicted molar refractivity (Wildman–Crippen MR) is 130 cm³/mol. The number of benzene rings is 2. The lowest BCUT2D eigenvalue weighted by molar-refractivity contribution is 0.254. The molecule has 0 radical (unpaired) electrons. The highest BCUT2D eigenvalue weighted by Crippen LogP contribution is 2.46. The van der Waals surface area contributed by atoms with Crippen molar-refractivity contribution in [2.24, 2.45) is 5.92 Å². The Morgan fingerprint density at radius 1 is 1.26 bits per heavy atom. The Hall–Kier alpha value is -2.86. The number of hydrogen-bond acceptors (Lipinski definition) is 2. The number of urea groups is 1. The molecule has 0 saturated carbocycles. The van der Waals surface area contributed by atoms with Gasteiger partial charge in [-0.05, 0) is 41.3 Å². The van der Waals surface area contributed by atoms with Gasteiger partial charge in [0.25, 0.3) is 0 Å². The molecule has 2 aromatic carbocycles. The molecule has 0 aromatic heterocycles. The van der Waals surface area contributed by atoms with Crippen LogP contribution in [0.1, 0.15) is 30.9 Å². The number of rotatable bonds is 7. The molecule has 1 heterocycles. The maximum absolute atomic E-state index is 13.9. The Labute approximate surface area is 191 Å². The first-order valence-electron chi connectivity index (χ1n) is 10.2. The number of carbonyl (C=O) groups excluding carboxylic acids is 1. The number of halogens is 2. The van der Waals surface area contributed by atoms with Gasteiger partial charge in [0.05, 0.1) is 17.1 Å². The van der Waals surface area contributed by atoms with Crippen LogP contribution in [-0.2, 0) is 0 Å². The number of amides is 2. The van der Waals surface area contributed by atoms with Gasteiger partial charge in [0.1, 0.15) is 5.83 Å². The lowest BCUT2D eigenvalue weighted by Gasteiger charge is -2.24. The summed E-state index contributed by atoms with van der Waals surface area (Å²) < 4.78 is 14.7. The first-order chi connectivity index (χ1) is 14.8. The third-order valence-electron chi connectivity index (χ3n) is 5.12. The summed E-state index contributed by atoms with van der Waals surface area (Å²) in [5.41, 5.74) is 4.01. The molecule has 1 aliphatic rings. The summed E-state index contributed by atoms with van der Waals surface area (Å²) >= 11 is 3.59. The van der Waals surface area contributed by atoms with E-state index in [1.165, 1.54) is 11.6 Å². The zero-order valence-corrected chi connectivity index (χ0v) is 19.4. The van der Waals surface area contributed by atoms with Crippen molar-refractivity contribution in [3.8, 4) is 0 Å². The largest absolute Gasteiger partial charge is 0.368 e. The third kappa shape index (κ3) is 5.25. The van der Waals surface area contributed by atoms with E-state index in [4.69, 9.17) is 0 Å². The smallest absolute Gasteiger partial charge is 0.323 e. The van der Waals surface area contributed by atoms with E-state index in [1.807, 2.05) is 24.3 Å². The molecule has 3 rings (SSSR count). The molecule has 1 unspecified atom stereocenters. The Bertz CT molecular complexity index is 1020. The lowest BCUT2D eigenvalue weighted by atomic mass is 9.93. The van der Waals surface area contributed by atoms with Gasteiger partial charge in [0.2, 0.25) is 0 Å². The number of anilines is 2. The molecule has 2 aromatic rings. The van der Waals surface area contributed by atoms with Crippen LogP contribution in [0.3, 0.4) is 0 Å². The molecule has 1 aliphatic heterocycles. The zero-order valence-electron chi connectivity index (χ0n) is 17.8. The van der Waals surface area contributed by atoms with E-state index in [0.29, 0.717) is 11.6 Å². The third-order valence-corrected chi connectivity index (χ3v) is 5.58. The van der Waals surface area contributed by atoms with Gasteiger partial charge >= 0.3 is 6.03 Å². The second-order valence-corrected chi connectivity index (χ2v) is 8.82. The molecule has 4 nitrogen and oxygen atoms in total. The molecule has 0 spiro atoms. The number of nitrogens with one attached hydrogen (secondary N) is 2. The molecule has 2 amide bonds. The highest BCUT2D eigenvalue weighted by molar-refractivity contribution is 9.10. The van der Waals surface area contributed by atoms with Gasteiger partial charge in [-0.15, -0.1) is 0 Å². The van der Waals surface area contributed by atoms with Gasteiger partial charge < -0.3 is 15.5 Å². The minimum atomic E-state index is -0.643. The maximum Gasteiger partial charge on any atom is 0.323 e. The van der Waals surface area contributed by atoms with Crippen LogP contribution < -0.4 is 15.5 Å². The lowest BCUT2D eigenvalue weighted by Crippen LogP contribution is -2.30. The first kappa shape index (κ1) is 22.8. The van der Waals surface area contributed by atoms with Gasteiger partial charge in [-0.2, -0.15) is 0 Å². The fourth-order valence-electron chi connectivity index (χ4n) is 3.92. The zero-order chi connectivity index (χ0) is 22.5. The van der Waals surface area contributed by atoms with Gasteiger partial charge in [0, 0.05) is 23.5 Å². The van der Waals surface area contributed by atoms with Gasteiger partial charge in [0.15, 0.2) is 0 Å². The highest BCUT2D eigenvalue weighted by Gasteiger charge is 2.33. The van der Waals surface area contributed by atoms with Crippen LogP contribution in [-0.4, -0.2) is 19.1 Å². The standard InChI is InChI=1S/C25H27BrFN3O/c1-5-21(27)22(6-2)28-25(31)29-23-13-18(26)12-19-20(17-10-8-7-9-11-17)15-30(24(19)23)14-16(3)4/h5-13,16,20H,1-2,14-15H2,3-4H3,(H2,28,29,31)/b22-21-. The van der Waals surface area contributed by atoms with Crippen molar-refractivity contribution in [1.29, 1.82) is 0 Å². The van der Waals surface area contributed by atoms with Crippen molar-refractivity contribution < 1.29 is 9.18 Å². The summed E-state index contributed by atoms with van der Waals surface area (Å²) in [7, 11) is 0. The van der Waals surface area contributed by atoms with E-state index < -0.39 is 11.9 Å². The molecule has 1 atom stereocenters. The topological polar surface area (TPSA) is 44.4 Å². The van der Waals surface area contributed by atoms with E-state index >= 15 is 0 Å². The first-order valence-corrected chi connectivity index (χ1v) is 11.0. The minimum absolute atomic E-state index is 0.0275. The monoisotopic (exact) mass is 483 g/mol. The molecule has 2 N–H and O–H groups in total. The van der Waals surface area contributed by atoms with E-state index in [1.54, 1.807) is 0 Å². The van der Waals surface area contributed by atoms with Crippen molar-refractivity contribution in [2.45, 2.75) is 19.8 Å². The van der Waals surface area contributed by atoms with Crippen LogP contribution in [0.15, 0.2) is 83.8 Å². The Balaban J connectivity index is 2.00. The van der Waals surface area contributed by atoms with E-state index in [2.05, 4.69) is 76.7 Å². The quantitative estimate of drug-likeness (QED) is 0.428. The molecule has 162 valence electrons. The van der Waals surface area contributed by atoms with Gasteiger partial charge in [-0.1, -0.05) is 73.3 Å². The van der Waals surface area contributed by atoms with Crippen LogP contribution in [0.25, 0.3) is 0 Å². The van der Waals surface area contributed by atoms with Gasteiger partial charge in [-0.25, -0.2) is 9.18 Å². The molecular weight excluding hydrogens is 457 g/mol. The normalized spacial score (nSPS) is 15.9. The Kier molecular flexibility index (Phi) is 7.33. The fraction of sp³-hybridized carbons (Fsp3) is 0.240. The second-order valence-electron chi connectivity index (χ2n) is 7.90. The summed E-state index contributed by atoms with van der Waals surface area (Å²) in [5, 5.41) is 5.40. The molecule has 0 fully saturated rings. The fourth-order valence-corrected chi connectivity index (χ4v) is 4.39. The average Bonchev–Trinajstić information content (AvgIpc) is 3.09. The molecular formula is C25H27BrFN3O. The van der Waals surface area contributed by atoms with E-state index in [9.17, 15) is 9.18 Å².